The second-order valence-electron chi connectivity index (χ2n) is 7.79. The SMILES string of the molecule is O=C(COC(=O)[C@H]1CC(=O)N(c2ccc(-c3ccc([N+](=O)[O-])cc3)cc2)C1)c1ccc(Cl)cc1. The van der Waals surface area contributed by atoms with E-state index < -0.39 is 23.4 Å². The van der Waals surface area contributed by atoms with Gasteiger partial charge in [0, 0.05) is 41.4 Å². The van der Waals surface area contributed by atoms with Gasteiger partial charge in [-0.25, -0.2) is 0 Å². The summed E-state index contributed by atoms with van der Waals surface area (Å²) in [5.41, 5.74) is 2.66. The maximum atomic E-state index is 12.5. The van der Waals surface area contributed by atoms with Crippen LogP contribution >= 0.6 is 11.6 Å². The summed E-state index contributed by atoms with van der Waals surface area (Å²) in [5, 5.41) is 11.3. The number of ether oxygens (including phenoxy) is 1. The summed E-state index contributed by atoms with van der Waals surface area (Å²) in [6.45, 7) is -0.251. The highest BCUT2D eigenvalue weighted by atomic mass is 35.5. The van der Waals surface area contributed by atoms with Gasteiger partial charge >= 0.3 is 5.97 Å². The molecule has 8 nitrogen and oxygen atoms in total. The average Bonchev–Trinajstić information content (AvgIpc) is 3.24. The zero-order valence-electron chi connectivity index (χ0n) is 17.8. The molecule has 1 amide bonds. The smallest absolute Gasteiger partial charge is 0.311 e. The number of nitro benzene ring substituents is 1. The average molecular weight is 479 g/mol. The van der Waals surface area contributed by atoms with Crippen molar-refractivity contribution >= 4 is 40.6 Å². The summed E-state index contributed by atoms with van der Waals surface area (Å²) < 4.78 is 5.16. The van der Waals surface area contributed by atoms with Crippen LogP contribution in [0.4, 0.5) is 11.4 Å². The molecule has 172 valence electrons. The molecule has 0 aliphatic carbocycles. The van der Waals surface area contributed by atoms with Crippen LogP contribution in [0.3, 0.4) is 0 Å². The van der Waals surface area contributed by atoms with Crippen LogP contribution in [0, 0.1) is 16.0 Å². The first kappa shape index (κ1) is 23.1. The molecular weight excluding hydrogens is 460 g/mol. The summed E-state index contributed by atoms with van der Waals surface area (Å²) >= 11 is 5.81. The fourth-order valence-electron chi connectivity index (χ4n) is 3.70. The summed E-state index contributed by atoms with van der Waals surface area (Å²) in [7, 11) is 0. The highest BCUT2D eigenvalue weighted by Gasteiger charge is 2.36. The lowest BCUT2D eigenvalue weighted by Gasteiger charge is -2.17. The standard InChI is InChI=1S/C25H19ClN2O6/c26-20-7-1-18(2-8-20)23(29)15-34-25(31)19-13-24(30)27(14-19)21-9-3-16(4-10-21)17-5-11-22(12-6-17)28(32)33/h1-12,19H,13-15H2/t19-/m0/s1. The van der Waals surface area contributed by atoms with Crippen LogP contribution in [-0.4, -0.2) is 35.7 Å². The number of amides is 1. The van der Waals surface area contributed by atoms with E-state index in [0.717, 1.165) is 11.1 Å². The molecule has 1 atom stereocenters. The molecule has 9 heteroatoms. The van der Waals surface area contributed by atoms with Gasteiger partial charge in [0.05, 0.1) is 10.8 Å². The minimum Gasteiger partial charge on any atom is -0.457 e. The number of carbonyl (C=O) groups is 3. The van der Waals surface area contributed by atoms with Crippen molar-refractivity contribution in [3.8, 4) is 11.1 Å². The van der Waals surface area contributed by atoms with E-state index in [4.69, 9.17) is 16.3 Å². The maximum Gasteiger partial charge on any atom is 0.311 e. The van der Waals surface area contributed by atoms with Crippen molar-refractivity contribution in [2.75, 3.05) is 18.1 Å². The Labute approximate surface area is 199 Å². The topological polar surface area (TPSA) is 107 Å². The lowest BCUT2D eigenvalue weighted by Crippen LogP contribution is -2.27. The maximum absolute atomic E-state index is 12.5. The number of nitrogens with zero attached hydrogens (tertiary/aromatic N) is 2. The van der Waals surface area contributed by atoms with Crippen LogP contribution in [-0.2, 0) is 14.3 Å². The van der Waals surface area contributed by atoms with Gasteiger partial charge in [-0.1, -0.05) is 23.7 Å². The van der Waals surface area contributed by atoms with Crippen molar-refractivity contribution in [1.82, 2.24) is 0 Å². The second kappa shape index (κ2) is 9.84. The number of halogens is 1. The van der Waals surface area contributed by atoms with Gasteiger partial charge in [0.15, 0.2) is 12.4 Å². The monoisotopic (exact) mass is 478 g/mol. The number of benzene rings is 3. The largest absolute Gasteiger partial charge is 0.457 e. The quantitative estimate of drug-likeness (QED) is 0.211. The number of hydrogen-bond donors (Lipinski definition) is 0. The number of rotatable bonds is 7. The van der Waals surface area contributed by atoms with Gasteiger partial charge in [-0.05, 0) is 59.7 Å². The number of esters is 1. The van der Waals surface area contributed by atoms with Crippen LogP contribution < -0.4 is 4.90 Å². The molecule has 1 fully saturated rings. The molecule has 3 aromatic carbocycles. The van der Waals surface area contributed by atoms with Crippen molar-refractivity contribution in [2.24, 2.45) is 5.92 Å². The normalized spacial score (nSPS) is 15.3. The van der Waals surface area contributed by atoms with Crippen LogP contribution in [0.15, 0.2) is 72.8 Å². The molecule has 0 N–H and O–H groups in total. The van der Waals surface area contributed by atoms with Crippen molar-refractivity contribution < 1.29 is 24.0 Å². The first-order chi connectivity index (χ1) is 16.3. The van der Waals surface area contributed by atoms with Gasteiger partial charge in [-0.3, -0.25) is 24.5 Å². The number of non-ortho nitro benzene ring substituents is 1. The Morgan fingerprint density at radius 1 is 0.971 bits per heavy atom. The molecule has 3 aromatic rings. The number of carbonyl (C=O) groups excluding carboxylic acids is 3. The van der Waals surface area contributed by atoms with E-state index in [-0.39, 0.29) is 30.3 Å². The van der Waals surface area contributed by atoms with Crippen LogP contribution in [0.5, 0.6) is 0 Å². The Hall–Kier alpha value is -4.04. The molecule has 1 saturated heterocycles. The summed E-state index contributed by atoms with van der Waals surface area (Å²) in [4.78, 5) is 49.0. The third-order valence-corrected chi connectivity index (χ3v) is 5.81. The molecule has 0 radical (unpaired) electrons. The highest BCUT2D eigenvalue weighted by molar-refractivity contribution is 6.30. The molecule has 34 heavy (non-hydrogen) atoms. The van der Waals surface area contributed by atoms with Crippen LogP contribution in [0.2, 0.25) is 5.02 Å². The summed E-state index contributed by atoms with van der Waals surface area (Å²) in [6, 6.07) is 19.6. The molecule has 0 bridgehead atoms. The molecule has 0 unspecified atom stereocenters. The van der Waals surface area contributed by atoms with Crippen LogP contribution in [0.25, 0.3) is 11.1 Å². The Bertz CT molecular complexity index is 1240. The number of hydrogen-bond acceptors (Lipinski definition) is 6. The third kappa shape index (κ3) is 5.13. The van der Waals surface area contributed by atoms with E-state index in [1.54, 1.807) is 60.7 Å². The Kier molecular flexibility index (Phi) is 6.70. The van der Waals surface area contributed by atoms with Gasteiger partial charge in [0.2, 0.25) is 5.91 Å². The Morgan fingerprint density at radius 3 is 2.15 bits per heavy atom. The van der Waals surface area contributed by atoms with Crippen LogP contribution in [0.1, 0.15) is 16.8 Å². The lowest BCUT2D eigenvalue weighted by molar-refractivity contribution is -0.384. The molecule has 1 heterocycles. The van der Waals surface area contributed by atoms with E-state index in [1.165, 1.54) is 17.0 Å². The zero-order valence-corrected chi connectivity index (χ0v) is 18.6. The summed E-state index contributed by atoms with van der Waals surface area (Å²) in [5.74, 6) is -1.83. The van der Waals surface area contributed by atoms with E-state index in [1.807, 2.05) is 0 Å². The van der Waals surface area contributed by atoms with Crippen molar-refractivity contribution in [1.29, 1.82) is 0 Å². The lowest BCUT2D eigenvalue weighted by atomic mass is 10.0. The Morgan fingerprint density at radius 2 is 1.56 bits per heavy atom. The molecule has 1 aliphatic rings. The molecule has 1 aliphatic heterocycles. The predicted octanol–water partition coefficient (Wildman–Crippen LogP) is 4.69. The van der Waals surface area contributed by atoms with E-state index >= 15 is 0 Å². The van der Waals surface area contributed by atoms with Gasteiger partial charge in [0.1, 0.15) is 0 Å². The minimum absolute atomic E-state index is 0.00191. The Balaban J connectivity index is 1.36. The van der Waals surface area contributed by atoms with Crippen molar-refractivity contribution in [2.45, 2.75) is 6.42 Å². The fourth-order valence-corrected chi connectivity index (χ4v) is 3.82. The number of nitro groups is 1. The van der Waals surface area contributed by atoms with E-state index in [0.29, 0.717) is 16.3 Å². The van der Waals surface area contributed by atoms with Gasteiger partial charge in [0.25, 0.3) is 5.69 Å². The van der Waals surface area contributed by atoms with E-state index in [9.17, 15) is 24.5 Å². The number of anilines is 1. The van der Waals surface area contributed by atoms with Gasteiger partial charge in [-0.15, -0.1) is 0 Å². The molecule has 4 rings (SSSR count). The zero-order chi connectivity index (χ0) is 24.2. The highest BCUT2D eigenvalue weighted by Crippen LogP contribution is 2.29. The predicted molar refractivity (Wildman–Crippen MR) is 126 cm³/mol. The third-order valence-electron chi connectivity index (χ3n) is 5.56. The van der Waals surface area contributed by atoms with Crippen molar-refractivity contribution in [3.63, 3.8) is 0 Å². The van der Waals surface area contributed by atoms with E-state index in [2.05, 4.69) is 0 Å². The molecule has 0 spiro atoms. The summed E-state index contributed by atoms with van der Waals surface area (Å²) in [6.07, 6.45) is -0.00191. The number of Topliss-reactive ketones (excluding diaryl/α,β-unsaturated/α-hetero) is 1. The van der Waals surface area contributed by atoms with Gasteiger partial charge in [-0.2, -0.15) is 0 Å². The minimum atomic E-state index is -0.667. The first-order valence-corrected chi connectivity index (χ1v) is 10.8. The second-order valence-corrected chi connectivity index (χ2v) is 8.23. The van der Waals surface area contributed by atoms with Gasteiger partial charge < -0.3 is 9.64 Å². The number of ketones is 1. The molecule has 0 aromatic heterocycles. The molecule has 0 saturated carbocycles. The van der Waals surface area contributed by atoms with Crippen molar-refractivity contribution in [3.05, 3.63) is 93.5 Å². The molecular formula is C25H19ClN2O6. The first-order valence-electron chi connectivity index (χ1n) is 10.4. The fraction of sp³-hybridized carbons (Fsp3) is 0.160.